The molecule has 0 spiro atoms. The molecule has 1 aromatic rings. The van der Waals surface area contributed by atoms with Crippen LogP contribution in [0.3, 0.4) is 0 Å². The maximum absolute atomic E-state index is 4.48. The first-order chi connectivity index (χ1) is 10.3. The molecular weight excluding hydrogens is 262 g/mol. The van der Waals surface area contributed by atoms with Gasteiger partial charge in [-0.05, 0) is 32.7 Å². The Morgan fingerprint density at radius 1 is 1.05 bits per heavy atom. The number of nitrogens with zero attached hydrogens (tertiary/aromatic N) is 4. The zero-order chi connectivity index (χ0) is 14.5. The molecule has 116 valence electrons. The summed E-state index contributed by atoms with van der Waals surface area (Å²) < 4.78 is 0. The van der Waals surface area contributed by atoms with Gasteiger partial charge in [-0.1, -0.05) is 6.42 Å². The number of hydrogen-bond donors (Lipinski definition) is 1. The van der Waals surface area contributed by atoms with Gasteiger partial charge in [0, 0.05) is 50.5 Å². The van der Waals surface area contributed by atoms with Crippen LogP contribution in [0.5, 0.6) is 0 Å². The number of nitrogens with one attached hydrogen (secondary N) is 1. The molecule has 1 saturated heterocycles. The SMILES string of the molecule is CN1CCN(CCNc2ncnc3c2CCCCC3)CC1. The summed E-state index contributed by atoms with van der Waals surface area (Å²) in [6.07, 6.45) is 7.83. The third-order valence-electron chi connectivity index (χ3n) is 4.69. The summed E-state index contributed by atoms with van der Waals surface area (Å²) in [5.74, 6) is 1.08. The Labute approximate surface area is 127 Å². The van der Waals surface area contributed by atoms with Gasteiger partial charge in [0.25, 0.3) is 0 Å². The van der Waals surface area contributed by atoms with E-state index in [4.69, 9.17) is 0 Å². The van der Waals surface area contributed by atoms with E-state index in [0.29, 0.717) is 0 Å². The van der Waals surface area contributed by atoms with Crippen molar-refractivity contribution in [3.8, 4) is 0 Å². The van der Waals surface area contributed by atoms with Gasteiger partial charge >= 0.3 is 0 Å². The second-order valence-electron chi connectivity index (χ2n) is 6.28. The molecule has 1 aliphatic heterocycles. The summed E-state index contributed by atoms with van der Waals surface area (Å²) in [6.45, 7) is 6.81. The smallest absolute Gasteiger partial charge is 0.132 e. The molecule has 1 aromatic heterocycles. The monoisotopic (exact) mass is 289 g/mol. The summed E-state index contributed by atoms with van der Waals surface area (Å²) in [7, 11) is 2.20. The summed E-state index contributed by atoms with van der Waals surface area (Å²) in [6, 6.07) is 0. The lowest BCUT2D eigenvalue weighted by atomic mass is 10.1. The molecule has 5 heteroatoms. The number of aryl methyl sites for hydroxylation is 1. The van der Waals surface area contributed by atoms with Crippen molar-refractivity contribution in [1.82, 2.24) is 19.8 Å². The third kappa shape index (κ3) is 3.92. The molecule has 0 unspecified atom stereocenters. The predicted octanol–water partition coefficient (Wildman–Crippen LogP) is 1.40. The van der Waals surface area contributed by atoms with Crippen LogP contribution in [-0.4, -0.2) is 66.1 Å². The molecular formula is C16H27N5. The highest BCUT2D eigenvalue weighted by molar-refractivity contribution is 5.46. The van der Waals surface area contributed by atoms with Gasteiger partial charge < -0.3 is 10.2 Å². The number of hydrogen-bond acceptors (Lipinski definition) is 5. The number of anilines is 1. The first-order valence-corrected chi connectivity index (χ1v) is 8.30. The second kappa shape index (κ2) is 7.18. The van der Waals surface area contributed by atoms with Crippen molar-refractivity contribution in [1.29, 1.82) is 0 Å². The zero-order valence-corrected chi connectivity index (χ0v) is 13.1. The highest BCUT2D eigenvalue weighted by Gasteiger charge is 2.15. The lowest BCUT2D eigenvalue weighted by molar-refractivity contribution is 0.158. The van der Waals surface area contributed by atoms with E-state index < -0.39 is 0 Å². The number of aromatic nitrogens is 2. The molecule has 0 amide bonds. The molecule has 0 radical (unpaired) electrons. The van der Waals surface area contributed by atoms with E-state index in [1.54, 1.807) is 6.33 Å². The van der Waals surface area contributed by atoms with E-state index in [0.717, 1.165) is 31.7 Å². The lowest BCUT2D eigenvalue weighted by Gasteiger charge is -2.32. The Hall–Kier alpha value is -1.20. The van der Waals surface area contributed by atoms with Crippen LogP contribution < -0.4 is 5.32 Å². The highest BCUT2D eigenvalue weighted by atomic mass is 15.2. The quantitative estimate of drug-likeness (QED) is 0.849. The fraction of sp³-hybridized carbons (Fsp3) is 0.750. The van der Waals surface area contributed by atoms with Crippen molar-refractivity contribution in [2.75, 3.05) is 51.6 Å². The molecule has 0 atom stereocenters. The van der Waals surface area contributed by atoms with Gasteiger partial charge in [-0.25, -0.2) is 9.97 Å². The van der Waals surface area contributed by atoms with Gasteiger partial charge in [-0.15, -0.1) is 0 Å². The first kappa shape index (κ1) is 14.7. The van der Waals surface area contributed by atoms with Crippen LogP contribution in [-0.2, 0) is 12.8 Å². The topological polar surface area (TPSA) is 44.3 Å². The number of piperazine rings is 1. The Morgan fingerprint density at radius 3 is 2.71 bits per heavy atom. The van der Waals surface area contributed by atoms with Crippen molar-refractivity contribution in [2.24, 2.45) is 0 Å². The highest BCUT2D eigenvalue weighted by Crippen LogP contribution is 2.23. The molecule has 0 aromatic carbocycles. The zero-order valence-electron chi connectivity index (χ0n) is 13.1. The number of likely N-dealkylation sites (N-methyl/N-ethyl adjacent to an activating group) is 1. The maximum Gasteiger partial charge on any atom is 0.132 e. The molecule has 2 heterocycles. The van der Waals surface area contributed by atoms with Gasteiger partial charge in [0.1, 0.15) is 12.1 Å². The molecule has 21 heavy (non-hydrogen) atoms. The van der Waals surface area contributed by atoms with Gasteiger partial charge in [-0.2, -0.15) is 0 Å². The van der Waals surface area contributed by atoms with Crippen LogP contribution >= 0.6 is 0 Å². The molecule has 3 rings (SSSR count). The fourth-order valence-corrected chi connectivity index (χ4v) is 3.25. The minimum atomic E-state index is 0.979. The minimum Gasteiger partial charge on any atom is -0.368 e. The van der Waals surface area contributed by atoms with Crippen LogP contribution in [0, 0.1) is 0 Å². The molecule has 2 aliphatic rings. The molecule has 0 saturated carbocycles. The molecule has 0 bridgehead atoms. The average molecular weight is 289 g/mol. The molecule has 5 nitrogen and oxygen atoms in total. The Kier molecular flexibility index (Phi) is 5.04. The standard InChI is InChI=1S/C16H27N5/c1-20-9-11-21(12-10-20)8-7-17-16-14-5-3-2-4-6-15(14)18-13-19-16/h13H,2-12H2,1H3,(H,17,18,19). The van der Waals surface area contributed by atoms with E-state index >= 15 is 0 Å². The van der Waals surface area contributed by atoms with Crippen molar-refractivity contribution in [3.63, 3.8) is 0 Å². The molecule has 1 N–H and O–H groups in total. The summed E-state index contributed by atoms with van der Waals surface area (Å²) >= 11 is 0. The Balaban J connectivity index is 1.53. The van der Waals surface area contributed by atoms with E-state index in [1.165, 1.54) is 56.7 Å². The largest absolute Gasteiger partial charge is 0.368 e. The first-order valence-electron chi connectivity index (χ1n) is 8.30. The van der Waals surface area contributed by atoms with Crippen LogP contribution in [0.1, 0.15) is 30.5 Å². The number of rotatable bonds is 4. The second-order valence-corrected chi connectivity index (χ2v) is 6.28. The summed E-state index contributed by atoms with van der Waals surface area (Å²) in [5.41, 5.74) is 2.64. The lowest BCUT2D eigenvalue weighted by Crippen LogP contribution is -2.45. The minimum absolute atomic E-state index is 0.979. The summed E-state index contributed by atoms with van der Waals surface area (Å²) in [5, 5.41) is 3.55. The van der Waals surface area contributed by atoms with Gasteiger partial charge in [0.05, 0.1) is 0 Å². The Morgan fingerprint density at radius 2 is 1.86 bits per heavy atom. The number of fused-ring (bicyclic) bond motifs is 1. The van der Waals surface area contributed by atoms with Gasteiger partial charge in [-0.3, -0.25) is 4.90 Å². The van der Waals surface area contributed by atoms with Crippen molar-refractivity contribution in [2.45, 2.75) is 32.1 Å². The Bertz CT molecular complexity index is 454. The molecule has 1 aliphatic carbocycles. The normalized spacial score (nSPS) is 20.8. The van der Waals surface area contributed by atoms with Gasteiger partial charge in [0.15, 0.2) is 0 Å². The van der Waals surface area contributed by atoms with Crippen molar-refractivity contribution >= 4 is 5.82 Å². The fourth-order valence-electron chi connectivity index (χ4n) is 3.25. The predicted molar refractivity (Wildman–Crippen MR) is 85.7 cm³/mol. The van der Waals surface area contributed by atoms with Crippen molar-refractivity contribution in [3.05, 3.63) is 17.6 Å². The van der Waals surface area contributed by atoms with Crippen molar-refractivity contribution < 1.29 is 0 Å². The van der Waals surface area contributed by atoms with E-state index in [2.05, 4.69) is 32.1 Å². The van der Waals surface area contributed by atoms with E-state index in [-0.39, 0.29) is 0 Å². The maximum atomic E-state index is 4.48. The van der Waals surface area contributed by atoms with E-state index in [9.17, 15) is 0 Å². The van der Waals surface area contributed by atoms with Crippen LogP contribution in [0.15, 0.2) is 6.33 Å². The van der Waals surface area contributed by atoms with Crippen LogP contribution in [0.4, 0.5) is 5.82 Å². The van der Waals surface area contributed by atoms with Crippen LogP contribution in [0.25, 0.3) is 0 Å². The molecule has 1 fully saturated rings. The van der Waals surface area contributed by atoms with Crippen LogP contribution in [0.2, 0.25) is 0 Å². The third-order valence-corrected chi connectivity index (χ3v) is 4.69. The summed E-state index contributed by atoms with van der Waals surface area (Å²) in [4.78, 5) is 13.9. The van der Waals surface area contributed by atoms with E-state index in [1.807, 2.05) is 0 Å². The average Bonchev–Trinajstić information content (AvgIpc) is 2.75. The van der Waals surface area contributed by atoms with Gasteiger partial charge in [0.2, 0.25) is 0 Å².